The molecule has 1 aromatic heterocycles. The fraction of sp³-hybridized carbons (Fsp3) is 0.304. The Bertz CT molecular complexity index is 1160. The molecule has 4 rings (SSSR count). The zero-order chi connectivity index (χ0) is 22.8. The molecule has 6 nitrogen and oxygen atoms in total. The topological polar surface area (TPSA) is 68.2 Å². The van der Waals surface area contributed by atoms with Crippen LogP contribution in [0.4, 0.5) is 14.5 Å². The first kappa shape index (κ1) is 25.0. The lowest BCUT2D eigenvalue weighted by Crippen LogP contribution is -2.29. The summed E-state index contributed by atoms with van der Waals surface area (Å²) >= 11 is 6.17. The number of carbonyl (C=O) groups is 1. The summed E-state index contributed by atoms with van der Waals surface area (Å²) in [6, 6.07) is 6.68. The average molecular weight is 497 g/mol. The van der Waals surface area contributed by atoms with Gasteiger partial charge in [0.05, 0.1) is 30.3 Å². The van der Waals surface area contributed by atoms with Crippen molar-refractivity contribution in [3.8, 4) is 11.4 Å². The minimum atomic E-state index is -0.745. The van der Waals surface area contributed by atoms with Crippen molar-refractivity contribution in [2.75, 3.05) is 25.5 Å². The lowest BCUT2D eigenvalue weighted by Gasteiger charge is -2.25. The molecule has 0 spiro atoms. The quantitative estimate of drug-likeness (QED) is 0.505. The predicted molar refractivity (Wildman–Crippen MR) is 126 cm³/mol. The molecule has 0 radical (unpaired) electrons. The van der Waals surface area contributed by atoms with Crippen molar-refractivity contribution in [1.29, 1.82) is 0 Å². The van der Waals surface area contributed by atoms with Gasteiger partial charge in [0.2, 0.25) is 0 Å². The van der Waals surface area contributed by atoms with Gasteiger partial charge in [0, 0.05) is 23.1 Å². The maximum absolute atomic E-state index is 14.6. The molecular weight excluding hydrogens is 473 g/mol. The van der Waals surface area contributed by atoms with Gasteiger partial charge >= 0.3 is 0 Å². The summed E-state index contributed by atoms with van der Waals surface area (Å²) in [5, 5.41) is 11.0. The van der Waals surface area contributed by atoms with Crippen LogP contribution < -0.4 is 15.4 Å². The van der Waals surface area contributed by atoms with Gasteiger partial charge in [-0.15, -0.1) is 12.4 Å². The highest BCUT2D eigenvalue weighted by atomic mass is 35.5. The zero-order valence-corrected chi connectivity index (χ0v) is 19.7. The molecule has 0 atom stereocenters. The maximum atomic E-state index is 14.6. The number of rotatable bonds is 5. The number of methoxy groups -OCH3 is 1. The highest BCUT2D eigenvalue weighted by Crippen LogP contribution is 2.34. The summed E-state index contributed by atoms with van der Waals surface area (Å²) in [7, 11) is 1.49. The van der Waals surface area contributed by atoms with Crippen LogP contribution >= 0.6 is 24.0 Å². The van der Waals surface area contributed by atoms with Gasteiger partial charge in [-0.05, 0) is 56.6 Å². The number of halogens is 4. The molecule has 0 unspecified atom stereocenters. The van der Waals surface area contributed by atoms with E-state index >= 15 is 0 Å². The monoisotopic (exact) mass is 496 g/mol. The molecule has 33 heavy (non-hydrogen) atoms. The van der Waals surface area contributed by atoms with E-state index in [0.29, 0.717) is 27.7 Å². The minimum Gasteiger partial charge on any atom is -0.495 e. The van der Waals surface area contributed by atoms with Gasteiger partial charge in [0.15, 0.2) is 5.82 Å². The van der Waals surface area contributed by atoms with Gasteiger partial charge in [0.25, 0.3) is 5.91 Å². The summed E-state index contributed by atoms with van der Waals surface area (Å²) in [4.78, 5) is 13.3. The van der Waals surface area contributed by atoms with Crippen molar-refractivity contribution in [3.63, 3.8) is 0 Å². The van der Waals surface area contributed by atoms with Crippen LogP contribution in [0.15, 0.2) is 36.5 Å². The van der Waals surface area contributed by atoms with Gasteiger partial charge in [-0.25, -0.2) is 13.5 Å². The second-order valence-electron chi connectivity index (χ2n) is 7.73. The molecule has 2 heterocycles. The van der Waals surface area contributed by atoms with Crippen LogP contribution in [0.1, 0.15) is 40.4 Å². The van der Waals surface area contributed by atoms with Gasteiger partial charge < -0.3 is 15.4 Å². The summed E-state index contributed by atoms with van der Waals surface area (Å²) in [5.74, 6) is -1.41. The number of piperidine rings is 1. The van der Waals surface area contributed by atoms with Gasteiger partial charge in [-0.1, -0.05) is 11.6 Å². The fourth-order valence-electron chi connectivity index (χ4n) is 3.99. The second-order valence-corrected chi connectivity index (χ2v) is 8.14. The summed E-state index contributed by atoms with van der Waals surface area (Å²) in [5.41, 5.74) is 2.27. The molecule has 2 aromatic carbocycles. The lowest BCUT2D eigenvalue weighted by molar-refractivity contribution is 0.102. The van der Waals surface area contributed by atoms with Crippen molar-refractivity contribution in [2.45, 2.75) is 25.7 Å². The van der Waals surface area contributed by atoms with E-state index in [1.54, 1.807) is 12.1 Å². The number of nitrogens with one attached hydrogen (secondary N) is 2. The van der Waals surface area contributed by atoms with Crippen molar-refractivity contribution in [1.82, 2.24) is 15.1 Å². The Balaban J connectivity index is 0.00000306. The molecule has 0 aliphatic carbocycles. The lowest BCUT2D eigenvalue weighted by atomic mass is 9.91. The van der Waals surface area contributed by atoms with Crippen LogP contribution in [0.3, 0.4) is 0 Å². The molecular formula is C23H24Cl2F2N4O2. The third kappa shape index (κ3) is 5.13. The number of benzene rings is 2. The van der Waals surface area contributed by atoms with Crippen LogP contribution in [0.25, 0.3) is 5.69 Å². The first-order chi connectivity index (χ1) is 15.4. The fourth-order valence-corrected chi connectivity index (χ4v) is 4.14. The smallest absolute Gasteiger partial charge is 0.259 e. The Morgan fingerprint density at radius 1 is 1.24 bits per heavy atom. The summed E-state index contributed by atoms with van der Waals surface area (Å²) in [6.07, 6.45) is 2.95. The highest BCUT2D eigenvalue weighted by molar-refractivity contribution is 6.31. The van der Waals surface area contributed by atoms with Crippen molar-refractivity contribution in [3.05, 3.63) is 70.0 Å². The molecule has 1 saturated heterocycles. The van der Waals surface area contributed by atoms with Crippen LogP contribution in [0.2, 0.25) is 5.02 Å². The van der Waals surface area contributed by atoms with E-state index in [4.69, 9.17) is 16.3 Å². The van der Waals surface area contributed by atoms with E-state index in [1.165, 1.54) is 30.1 Å². The standard InChI is InChI=1S/C23H23ClF2N4O2.ClH/c1-13-9-19(21(32-2)11-17(13)24)29-23(31)16-12-28-30(20-4-3-15(25)10-18(20)26)22(16)14-5-7-27-8-6-14;/h3-4,9-12,14,27H,5-8H2,1-2H3,(H,29,31);1H. The zero-order valence-electron chi connectivity index (χ0n) is 18.1. The van der Waals surface area contributed by atoms with E-state index in [2.05, 4.69) is 15.7 Å². The molecule has 1 aliphatic rings. The van der Waals surface area contributed by atoms with E-state index in [1.807, 2.05) is 6.92 Å². The van der Waals surface area contributed by atoms with Gasteiger partial charge in [-0.3, -0.25) is 4.79 Å². The number of ether oxygens (including phenoxy) is 1. The maximum Gasteiger partial charge on any atom is 0.259 e. The molecule has 1 aliphatic heterocycles. The number of aromatic nitrogens is 2. The normalized spacial score (nSPS) is 14.0. The Morgan fingerprint density at radius 2 is 1.97 bits per heavy atom. The molecule has 176 valence electrons. The third-order valence-corrected chi connectivity index (χ3v) is 6.05. The number of nitrogens with zero attached hydrogens (tertiary/aromatic N) is 2. The van der Waals surface area contributed by atoms with Crippen molar-refractivity contribution < 1.29 is 18.3 Å². The third-order valence-electron chi connectivity index (χ3n) is 5.64. The van der Waals surface area contributed by atoms with E-state index in [-0.39, 0.29) is 24.0 Å². The largest absolute Gasteiger partial charge is 0.495 e. The second kappa shape index (κ2) is 10.5. The SMILES string of the molecule is COc1cc(Cl)c(C)cc1NC(=O)c1cnn(-c2ccc(F)cc2F)c1C1CCNCC1.Cl. The van der Waals surface area contributed by atoms with Crippen LogP contribution in [0, 0.1) is 18.6 Å². The van der Waals surface area contributed by atoms with Gasteiger partial charge in [0.1, 0.15) is 17.3 Å². The number of hydrogen-bond acceptors (Lipinski definition) is 4. The number of amides is 1. The molecule has 10 heteroatoms. The van der Waals surface area contributed by atoms with Crippen molar-refractivity contribution in [2.24, 2.45) is 0 Å². The summed E-state index contributed by atoms with van der Waals surface area (Å²) in [6.45, 7) is 3.37. The number of anilines is 1. The minimum absolute atomic E-state index is 0. The molecule has 3 aromatic rings. The Kier molecular flexibility index (Phi) is 7.94. The molecule has 1 fully saturated rings. The van der Waals surface area contributed by atoms with E-state index in [9.17, 15) is 13.6 Å². The Morgan fingerprint density at radius 3 is 2.64 bits per heavy atom. The van der Waals surface area contributed by atoms with Crippen LogP contribution in [-0.2, 0) is 0 Å². The van der Waals surface area contributed by atoms with E-state index < -0.39 is 17.5 Å². The van der Waals surface area contributed by atoms with E-state index in [0.717, 1.165) is 37.6 Å². The Hall–Kier alpha value is -2.68. The van der Waals surface area contributed by atoms with Crippen LogP contribution in [0.5, 0.6) is 5.75 Å². The first-order valence-corrected chi connectivity index (χ1v) is 10.7. The number of hydrogen-bond donors (Lipinski definition) is 2. The first-order valence-electron chi connectivity index (χ1n) is 10.3. The van der Waals surface area contributed by atoms with Gasteiger partial charge in [-0.2, -0.15) is 5.10 Å². The molecule has 1 amide bonds. The Labute approximate surface area is 201 Å². The number of aryl methyl sites for hydroxylation is 1. The van der Waals surface area contributed by atoms with Crippen LogP contribution in [-0.4, -0.2) is 35.9 Å². The average Bonchev–Trinajstić information content (AvgIpc) is 3.21. The molecule has 0 bridgehead atoms. The van der Waals surface area contributed by atoms with Crippen molar-refractivity contribution >= 4 is 35.6 Å². The summed E-state index contributed by atoms with van der Waals surface area (Å²) < 4.78 is 34.8. The molecule has 0 saturated carbocycles. The molecule has 2 N–H and O–H groups in total. The number of carbonyl (C=O) groups excluding carboxylic acids is 1. The predicted octanol–water partition coefficient (Wildman–Crippen LogP) is 5.26. The highest BCUT2D eigenvalue weighted by Gasteiger charge is 2.28.